The van der Waals surface area contributed by atoms with Gasteiger partial charge in [-0.05, 0) is 11.1 Å². The number of halogens is 1. The maximum atomic E-state index is 13.2. The summed E-state index contributed by atoms with van der Waals surface area (Å²) in [6, 6.07) is 31.5. The summed E-state index contributed by atoms with van der Waals surface area (Å²) < 4.78 is 0.995. The number of hydrogen-bond donors (Lipinski definition) is 0. The fraction of sp³-hybridized carbons (Fsp3) is 0.296. The molecule has 3 nitrogen and oxygen atoms in total. The predicted octanol–water partition coefficient (Wildman–Crippen LogP) is 1.70. The third kappa shape index (κ3) is 6.05. The molecule has 4 rings (SSSR count). The van der Waals surface area contributed by atoms with Crippen LogP contribution in [0.25, 0.3) is 0 Å². The van der Waals surface area contributed by atoms with Crippen molar-refractivity contribution in [3.05, 3.63) is 108 Å². The molecule has 1 aliphatic heterocycles. The van der Waals surface area contributed by atoms with Crippen molar-refractivity contribution >= 4 is 5.91 Å². The van der Waals surface area contributed by atoms with Gasteiger partial charge >= 0.3 is 0 Å². The Labute approximate surface area is 196 Å². The summed E-state index contributed by atoms with van der Waals surface area (Å²) in [6.07, 6.45) is 0.524. The van der Waals surface area contributed by atoms with E-state index in [1.165, 1.54) is 16.7 Å². The Balaban J connectivity index is 0.00000272. The Morgan fingerprint density at radius 1 is 0.806 bits per heavy atom. The first kappa shape index (κ1) is 23.2. The van der Waals surface area contributed by atoms with Crippen LogP contribution in [-0.2, 0) is 11.3 Å². The highest BCUT2D eigenvalue weighted by atomic mass is 79.9. The van der Waals surface area contributed by atoms with Crippen molar-refractivity contribution in [2.24, 2.45) is 0 Å². The lowest BCUT2D eigenvalue weighted by Crippen LogP contribution is -3.00. The van der Waals surface area contributed by atoms with E-state index in [0.717, 1.165) is 37.2 Å². The highest BCUT2D eigenvalue weighted by molar-refractivity contribution is 5.78. The number of rotatable bonds is 6. The Kier molecular flexibility index (Phi) is 8.05. The van der Waals surface area contributed by atoms with Crippen LogP contribution < -0.4 is 17.0 Å². The van der Waals surface area contributed by atoms with E-state index in [2.05, 4.69) is 90.8 Å². The number of benzene rings is 3. The van der Waals surface area contributed by atoms with Gasteiger partial charge in [-0.25, -0.2) is 0 Å². The Morgan fingerprint density at radius 2 is 1.26 bits per heavy atom. The Hall–Kier alpha value is -2.43. The zero-order chi connectivity index (χ0) is 20.8. The van der Waals surface area contributed by atoms with E-state index in [0.29, 0.717) is 6.42 Å². The van der Waals surface area contributed by atoms with Crippen molar-refractivity contribution in [1.29, 1.82) is 0 Å². The van der Waals surface area contributed by atoms with Crippen molar-refractivity contribution < 1.29 is 26.3 Å². The van der Waals surface area contributed by atoms with Gasteiger partial charge in [0.2, 0.25) is 5.91 Å². The molecule has 0 bridgehead atoms. The lowest BCUT2D eigenvalue weighted by Gasteiger charge is -2.42. The number of piperazine rings is 1. The van der Waals surface area contributed by atoms with Crippen molar-refractivity contribution in [2.45, 2.75) is 18.9 Å². The second-order valence-electron chi connectivity index (χ2n) is 8.67. The average Bonchev–Trinajstić information content (AvgIpc) is 2.79. The van der Waals surface area contributed by atoms with E-state index in [1.54, 1.807) is 0 Å². The molecule has 0 atom stereocenters. The van der Waals surface area contributed by atoms with Crippen LogP contribution in [0.2, 0.25) is 0 Å². The molecule has 1 aliphatic rings. The average molecular weight is 479 g/mol. The van der Waals surface area contributed by atoms with Gasteiger partial charge in [-0.1, -0.05) is 91.0 Å². The second kappa shape index (κ2) is 10.7. The van der Waals surface area contributed by atoms with Crippen molar-refractivity contribution in [1.82, 2.24) is 4.90 Å². The van der Waals surface area contributed by atoms with E-state index in [-0.39, 0.29) is 28.8 Å². The quantitative estimate of drug-likeness (QED) is 0.493. The first-order valence-electron chi connectivity index (χ1n) is 10.9. The molecule has 4 heteroatoms. The minimum Gasteiger partial charge on any atom is -1.00 e. The maximum Gasteiger partial charge on any atom is 0.223 e. The second-order valence-corrected chi connectivity index (χ2v) is 8.67. The van der Waals surface area contributed by atoms with Crippen LogP contribution >= 0.6 is 0 Å². The van der Waals surface area contributed by atoms with Crippen molar-refractivity contribution in [3.8, 4) is 0 Å². The van der Waals surface area contributed by atoms with Crippen LogP contribution in [0.5, 0.6) is 0 Å². The maximum absolute atomic E-state index is 13.2. The van der Waals surface area contributed by atoms with Crippen molar-refractivity contribution in [2.75, 3.05) is 33.2 Å². The van der Waals surface area contributed by atoms with E-state index in [9.17, 15) is 4.79 Å². The molecular weight excluding hydrogens is 448 g/mol. The molecule has 0 saturated carbocycles. The van der Waals surface area contributed by atoms with Crippen LogP contribution in [0.4, 0.5) is 0 Å². The molecule has 0 radical (unpaired) electrons. The molecule has 1 saturated heterocycles. The highest BCUT2D eigenvalue weighted by Gasteiger charge is 2.32. The lowest BCUT2D eigenvalue weighted by molar-refractivity contribution is -0.926. The standard InChI is InChI=1S/C27H31N2O.BrH/c1-29(22-23-11-5-2-6-12-23)19-17-28(18-20-29)27(30)21-26(24-13-7-3-8-14-24)25-15-9-4-10-16-25;/h2-16,26H,17-22H2,1H3;1H/q+1;/p-1. The molecule has 1 fully saturated rings. The fourth-order valence-electron chi connectivity index (χ4n) is 4.48. The largest absolute Gasteiger partial charge is 1.00 e. The summed E-state index contributed by atoms with van der Waals surface area (Å²) >= 11 is 0. The monoisotopic (exact) mass is 478 g/mol. The van der Waals surface area contributed by atoms with Crippen LogP contribution in [0.1, 0.15) is 29.0 Å². The van der Waals surface area contributed by atoms with Gasteiger partial charge in [0.05, 0.1) is 33.2 Å². The Morgan fingerprint density at radius 3 is 1.74 bits per heavy atom. The minimum atomic E-state index is 0. The minimum absolute atomic E-state index is 0. The number of hydrogen-bond acceptors (Lipinski definition) is 1. The van der Waals surface area contributed by atoms with E-state index in [1.807, 2.05) is 12.1 Å². The van der Waals surface area contributed by atoms with Crippen LogP contribution in [-0.4, -0.2) is 48.5 Å². The molecular formula is C27H31BrN2O. The number of amides is 1. The van der Waals surface area contributed by atoms with Gasteiger partial charge in [0.15, 0.2) is 0 Å². The van der Waals surface area contributed by atoms with Crippen molar-refractivity contribution in [3.63, 3.8) is 0 Å². The molecule has 0 aromatic heterocycles. The molecule has 0 unspecified atom stereocenters. The first-order chi connectivity index (χ1) is 14.6. The number of likely N-dealkylation sites (N-methyl/N-ethyl adjacent to an activating group) is 1. The topological polar surface area (TPSA) is 20.3 Å². The van der Waals surface area contributed by atoms with Gasteiger partial charge in [-0.2, -0.15) is 0 Å². The van der Waals surface area contributed by atoms with Gasteiger partial charge in [0, 0.05) is 17.9 Å². The third-order valence-electron chi connectivity index (χ3n) is 6.36. The molecule has 1 heterocycles. The molecule has 162 valence electrons. The van der Waals surface area contributed by atoms with E-state index >= 15 is 0 Å². The molecule has 3 aromatic carbocycles. The molecule has 0 N–H and O–H groups in total. The first-order valence-corrected chi connectivity index (χ1v) is 10.9. The summed E-state index contributed by atoms with van der Waals surface area (Å²) in [7, 11) is 2.31. The summed E-state index contributed by atoms with van der Waals surface area (Å²) in [4.78, 5) is 15.3. The van der Waals surface area contributed by atoms with Crippen LogP contribution in [0, 0.1) is 0 Å². The van der Waals surface area contributed by atoms with Gasteiger partial charge in [-0.15, -0.1) is 0 Å². The lowest BCUT2D eigenvalue weighted by atomic mass is 9.88. The molecule has 3 aromatic rings. The molecule has 31 heavy (non-hydrogen) atoms. The summed E-state index contributed by atoms with van der Waals surface area (Å²) in [5, 5.41) is 0. The van der Waals surface area contributed by atoms with Gasteiger partial charge < -0.3 is 26.4 Å². The Bertz CT molecular complexity index is 899. The molecule has 0 spiro atoms. The molecule has 1 amide bonds. The van der Waals surface area contributed by atoms with Crippen LogP contribution in [0.15, 0.2) is 91.0 Å². The normalized spacial score (nSPS) is 15.4. The van der Waals surface area contributed by atoms with Gasteiger partial charge in [0.1, 0.15) is 6.54 Å². The predicted molar refractivity (Wildman–Crippen MR) is 122 cm³/mol. The number of carbonyl (C=O) groups excluding carboxylic acids is 1. The highest BCUT2D eigenvalue weighted by Crippen LogP contribution is 2.29. The number of nitrogens with zero attached hydrogens (tertiary/aromatic N) is 2. The smallest absolute Gasteiger partial charge is 0.223 e. The van der Waals surface area contributed by atoms with E-state index in [4.69, 9.17) is 0 Å². The summed E-state index contributed by atoms with van der Waals surface area (Å²) in [5.41, 5.74) is 3.78. The number of carbonyl (C=O) groups is 1. The fourth-order valence-corrected chi connectivity index (χ4v) is 4.48. The van der Waals surface area contributed by atoms with E-state index < -0.39 is 0 Å². The number of quaternary nitrogens is 1. The molecule has 0 aliphatic carbocycles. The zero-order valence-electron chi connectivity index (χ0n) is 18.2. The van der Waals surface area contributed by atoms with Gasteiger partial charge in [0.25, 0.3) is 0 Å². The summed E-state index contributed by atoms with van der Waals surface area (Å²) in [5.74, 6) is 0.366. The zero-order valence-corrected chi connectivity index (χ0v) is 19.7. The third-order valence-corrected chi connectivity index (χ3v) is 6.36. The van der Waals surface area contributed by atoms with Crippen LogP contribution in [0.3, 0.4) is 0 Å². The van der Waals surface area contributed by atoms with Gasteiger partial charge in [-0.3, -0.25) is 4.79 Å². The summed E-state index contributed by atoms with van der Waals surface area (Å²) in [6.45, 7) is 4.69. The SMILES string of the molecule is C[N+]1(Cc2ccccc2)CCN(C(=O)CC(c2ccccc2)c2ccccc2)CC1.[Br-].